The molecule has 1 aliphatic heterocycles. The summed E-state index contributed by atoms with van der Waals surface area (Å²) in [4.78, 5) is 27.0. The average molecular weight is 317 g/mol. The van der Waals surface area contributed by atoms with Crippen molar-refractivity contribution in [2.24, 2.45) is 5.92 Å². The van der Waals surface area contributed by atoms with E-state index in [0.29, 0.717) is 11.3 Å². The summed E-state index contributed by atoms with van der Waals surface area (Å²) in [6.45, 7) is 5.81. The van der Waals surface area contributed by atoms with E-state index in [-0.39, 0.29) is 23.8 Å². The quantitative estimate of drug-likeness (QED) is 0.877. The molecule has 1 aliphatic rings. The van der Waals surface area contributed by atoms with Gasteiger partial charge in [-0.25, -0.2) is 0 Å². The summed E-state index contributed by atoms with van der Waals surface area (Å²) < 4.78 is 0. The summed E-state index contributed by atoms with van der Waals surface area (Å²) in [7, 11) is 2.03. The Morgan fingerprint density at radius 2 is 2.09 bits per heavy atom. The van der Waals surface area contributed by atoms with Crippen LogP contribution in [0.2, 0.25) is 0 Å². The van der Waals surface area contributed by atoms with Gasteiger partial charge < -0.3 is 15.5 Å². The molecule has 2 N–H and O–H groups in total. The fourth-order valence-corrected chi connectivity index (χ4v) is 2.81. The number of rotatable bonds is 5. The molecule has 2 rings (SSSR count). The second-order valence-electron chi connectivity index (χ2n) is 6.42. The molecule has 1 heterocycles. The van der Waals surface area contributed by atoms with Gasteiger partial charge in [-0.15, -0.1) is 0 Å². The van der Waals surface area contributed by atoms with Crippen LogP contribution in [0.15, 0.2) is 24.3 Å². The molecule has 0 bridgehead atoms. The Hall–Kier alpha value is -1.88. The van der Waals surface area contributed by atoms with Crippen molar-refractivity contribution in [3.63, 3.8) is 0 Å². The second-order valence-corrected chi connectivity index (χ2v) is 6.42. The van der Waals surface area contributed by atoms with E-state index < -0.39 is 0 Å². The molecule has 0 spiro atoms. The van der Waals surface area contributed by atoms with E-state index in [1.165, 1.54) is 0 Å². The molecule has 126 valence electrons. The molecule has 0 unspecified atom stereocenters. The van der Waals surface area contributed by atoms with Gasteiger partial charge in [0, 0.05) is 12.6 Å². The highest BCUT2D eigenvalue weighted by Crippen LogP contribution is 2.20. The Morgan fingerprint density at radius 3 is 2.78 bits per heavy atom. The number of likely N-dealkylation sites (tertiary alicyclic amines) is 1. The second kappa shape index (κ2) is 8.11. The van der Waals surface area contributed by atoms with E-state index in [1.54, 1.807) is 12.1 Å². The fourth-order valence-electron chi connectivity index (χ4n) is 2.81. The molecule has 23 heavy (non-hydrogen) atoms. The van der Waals surface area contributed by atoms with Crippen LogP contribution in [0.25, 0.3) is 0 Å². The zero-order chi connectivity index (χ0) is 16.8. The van der Waals surface area contributed by atoms with Crippen LogP contribution in [0.5, 0.6) is 0 Å². The normalized spacial score (nSPS) is 19.9. The molecule has 0 aliphatic carbocycles. The summed E-state index contributed by atoms with van der Waals surface area (Å²) in [6.07, 6.45) is 2.80. The number of piperidine rings is 1. The number of benzene rings is 1. The van der Waals surface area contributed by atoms with E-state index in [0.717, 1.165) is 32.4 Å². The first-order valence-corrected chi connectivity index (χ1v) is 8.40. The number of hydrogen-bond acceptors (Lipinski definition) is 3. The maximum absolute atomic E-state index is 12.5. The first-order valence-electron chi connectivity index (χ1n) is 8.40. The van der Waals surface area contributed by atoms with Crippen LogP contribution in [0.4, 0.5) is 5.69 Å². The predicted octanol–water partition coefficient (Wildman–Crippen LogP) is 2.50. The first-order chi connectivity index (χ1) is 11.0. The Morgan fingerprint density at radius 1 is 1.35 bits per heavy atom. The lowest BCUT2D eigenvalue weighted by Crippen LogP contribution is -2.39. The van der Waals surface area contributed by atoms with Gasteiger partial charge in [-0.2, -0.15) is 0 Å². The number of amides is 2. The van der Waals surface area contributed by atoms with Crippen molar-refractivity contribution in [1.82, 2.24) is 10.2 Å². The Labute approximate surface area is 138 Å². The number of nitrogens with zero attached hydrogens (tertiary/aromatic N) is 1. The molecule has 2 atom stereocenters. The third-order valence-electron chi connectivity index (χ3n) is 4.41. The topological polar surface area (TPSA) is 61.4 Å². The molecule has 2 amide bonds. The molecule has 0 saturated carbocycles. The van der Waals surface area contributed by atoms with Crippen LogP contribution in [-0.2, 0) is 4.79 Å². The van der Waals surface area contributed by atoms with Crippen LogP contribution in [0, 0.1) is 5.92 Å². The molecular weight excluding hydrogens is 290 g/mol. The maximum Gasteiger partial charge on any atom is 0.253 e. The Kier molecular flexibility index (Phi) is 6.16. The van der Waals surface area contributed by atoms with Crippen molar-refractivity contribution >= 4 is 17.5 Å². The smallest absolute Gasteiger partial charge is 0.253 e. The molecule has 1 aromatic carbocycles. The van der Waals surface area contributed by atoms with Crippen LogP contribution < -0.4 is 10.6 Å². The van der Waals surface area contributed by atoms with Gasteiger partial charge in [-0.1, -0.05) is 19.1 Å². The third kappa shape index (κ3) is 4.79. The van der Waals surface area contributed by atoms with Crippen molar-refractivity contribution in [3.05, 3.63) is 29.8 Å². The van der Waals surface area contributed by atoms with Gasteiger partial charge in [0.2, 0.25) is 5.91 Å². The highest BCUT2D eigenvalue weighted by Gasteiger charge is 2.25. The lowest BCUT2D eigenvalue weighted by Gasteiger charge is -2.29. The van der Waals surface area contributed by atoms with E-state index in [2.05, 4.69) is 15.5 Å². The number of carbonyl (C=O) groups excluding carboxylic acids is 2. The molecule has 1 fully saturated rings. The minimum absolute atomic E-state index is 0.000315. The summed E-state index contributed by atoms with van der Waals surface area (Å²) in [5.74, 6) is -0.157. The van der Waals surface area contributed by atoms with Crippen molar-refractivity contribution < 1.29 is 9.59 Å². The largest absolute Gasteiger partial charge is 0.350 e. The first kappa shape index (κ1) is 17.5. The molecule has 0 aromatic heterocycles. The highest BCUT2D eigenvalue weighted by molar-refractivity contribution is 6.04. The van der Waals surface area contributed by atoms with Gasteiger partial charge in [0.1, 0.15) is 0 Å². The molecular formula is C18H27N3O2. The summed E-state index contributed by atoms with van der Waals surface area (Å²) in [6, 6.07) is 7.30. The van der Waals surface area contributed by atoms with Gasteiger partial charge in [-0.05, 0) is 51.9 Å². The average Bonchev–Trinajstić information content (AvgIpc) is 2.55. The van der Waals surface area contributed by atoms with Crippen LogP contribution in [-0.4, -0.2) is 42.9 Å². The summed E-state index contributed by atoms with van der Waals surface area (Å²) in [5, 5.41) is 5.89. The fraction of sp³-hybridized carbons (Fsp3) is 0.556. The summed E-state index contributed by atoms with van der Waals surface area (Å²) >= 11 is 0. The number of para-hydroxylation sites is 1. The molecule has 1 aromatic rings. The highest BCUT2D eigenvalue weighted by atomic mass is 16.2. The zero-order valence-corrected chi connectivity index (χ0v) is 14.3. The third-order valence-corrected chi connectivity index (χ3v) is 4.41. The Balaban J connectivity index is 2.07. The molecule has 0 radical (unpaired) electrons. The van der Waals surface area contributed by atoms with Gasteiger partial charge >= 0.3 is 0 Å². The lowest BCUT2D eigenvalue weighted by molar-refractivity contribution is -0.121. The zero-order valence-electron chi connectivity index (χ0n) is 14.3. The molecule has 5 nitrogen and oxygen atoms in total. The van der Waals surface area contributed by atoms with Gasteiger partial charge in [0.05, 0.1) is 17.2 Å². The van der Waals surface area contributed by atoms with Crippen molar-refractivity contribution in [3.8, 4) is 0 Å². The van der Waals surface area contributed by atoms with E-state index in [1.807, 2.05) is 33.0 Å². The number of anilines is 1. The maximum atomic E-state index is 12.5. The van der Waals surface area contributed by atoms with Gasteiger partial charge in [-0.3, -0.25) is 9.59 Å². The summed E-state index contributed by atoms with van der Waals surface area (Å²) in [5.41, 5.74) is 1.11. The SMILES string of the molecule is CC[C@H](C)NC(=O)c1ccccc1NC(=O)[C@H]1CCCN(C)C1. The number of carbonyl (C=O) groups is 2. The van der Waals surface area contributed by atoms with Gasteiger partial charge in [0.25, 0.3) is 5.91 Å². The molecule has 1 saturated heterocycles. The number of nitrogens with one attached hydrogen (secondary N) is 2. The van der Waals surface area contributed by atoms with Crippen LogP contribution in [0.1, 0.15) is 43.5 Å². The minimum atomic E-state index is -0.143. The van der Waals surface area contributed by atoms with E-state index >= 15 is 0 Å². The predicted molar refractivity (Wildman–Crippen MR) is 92.5 cm³/mol. The van der Waals surface area contributed by atoms with E-state index in [9.17, 15) is 9.59 Å². The standard InChI is InChI=1S/C18H27N3O2/c1-4-13(2)19-18(23)15-9-5-6-10-16(15)20-17(22)14-8-7-11-21(3)12-14/h5-6,9-10,13-14H,4,7-8,11-12H2,1-3H3,(H,19,23)(H,20,22)/t13-,14-/m0/s1. The van der Waals surface area contributed by atoms with Gasteiger partial charge in [0.15, 0.2) is 0 Å². The number of hydrogen-bond donors (Lipinski definition) is 2. The van der Waals surface area contributed by atoms with Crippen molar-refractivity contribution in [2.75, 3.05) is 25.5 Å². The van der Waals surface area contributed by atoms with Crippen molar-refractivity contribution in [1.29, 1.82) is 0 Å². The lowest BCUT2D eigenvalue weighted by atomic mass is 9.97. The van der Waals surface area contributed by atoms with E-state index in [4.69, 9.17) is 0 Å². The Bertz CT molecular complexity index is 559. The van der Waals surface area contributed by atoms with Crippen LogP contribution in [0.3, 0.4) is 0 Å². The monoisotopic (exact) mass is 317 g/mol. The minimum Gasteiger partial charge on any atom is -0.350 e. The molecule has 5 heteroatoms. The van der Waals surface area contributed by atoms with Crippen LogP contribution >= 0.6 is 0 Å². The van der Waals surface area contributed by atoms with Crippen molar-refractivity contribution in [2.45, 2.75) is 39.2 Å².